The molecule has 16 heavy (non-hydrogen) atoms. The largest absolute Gasteiger partial charge is 0.324 e. The highest BCUT2D eigenvalue weighted by atomic mass is 14.7. The van der Waals surface area contributed by atoms with Crippen LogP contribution in [-0.4, -0.2) is 4.98 Å². The number of aryl methyl sites for hydroxylation is 2. The summed E-state index contributed by atoms with van der Waals surface area (Å²) in [5, 5.41) is 1.19. The summed E-state index contributed by atoms with van der Waals surface area (Å²) in [4.78, 5) is 4.63. The van der Waals surface area contributed by atoms with Gasteiger partial charge in [0.15, 0.2) is 0 Å². The van der Waals surface area contributed by atoms with Gasteiger partial charge in [0, 0.05) is 17.1 Å². The van der Waals surface area contributed by atoms with E-state index in [4.69, 9.17) is 5.73 Å². The van der Waals surface area contributed by atoms with Crippen molar-refractivity contribution in [3.63, 3.8) is 0 Å². The Morgan fingerprint density at radius 3 is 2.75 bits per heavy atom. The van der Waals surface area contributed by atoms with Crippen LogP contribution in [0, 0.1) is 6.92 Å². The maximum atomic E-state index is 6.01. The molecule has 0 fully saturated rings. The first kappa shape index (κ1) is 11.1. The predicted octanol–water partition coefficient (Wildman–Crippen LogP) is 3.13. The van der Waals surface area contributed by atoms with Gasteiger partial charge in [0.25, 0.3) is 0 Å². The quantitative estimate of drug-likeness (QED) is 0.834. The molecule has 0 bridgehead atoms. The zero-order chi connectivity index (χ0) is 11.7. The van der Waals surface area contributed by atoms with Crippen LogP contribution in [0.2, 0.25) is 0 Å². The van der Waals surface area contributed by atoms with Gasteiger partial charge < -0.3 is 5.73 Å². The molecule has 84 valence electrons. The molecule has 0 radical (unpaired) electrons. The smallest absolute Gasteiger partial charge is 0.0740 e. The second kappa shape index (κ2) is 4.22. The van der Waals surface area contributed by atoms with Crippen LogP contribution < -0.4 is 5.73 Å². The Morgan fingerprint density at radius 2 is 2.12 bits per heavy atom. The topological polar surface area (TPSA) is 38.9 Å². The van der Waals surface area contributed by atoms with Crippen LogP contribution in [0.1, 0.15) is 36.7 Å². The molecule has 0 saturated heterocycles. The summed E-state index contributed by atoms with van der Waals surface area (Å²) >= 11 is 0. The first-order valence-electron chi connectivity index (χ1n) is 5.78. The molecule has 0 amide bonds. The maximum Gasteiger partial charge on any atom is 0.0740 e. The van der Waals surface area contributed by atoms with Crippen LogP contribution in [0.3, 0.4) is 0 Å². The van der Waals surface area contributed by atoms with Gasteiger partial charge in [-0.25, -0.2) is 0 Å². The fraction of sp³-hybridized carbons (Fsp3) is 0.357. The average Bonchev–Trinajstić information content (AvgIpc) is 2.27. The van der Waals surface area contributed by atoms with Crippen LogP contribution in [0.15, 0.2) is 24.3 Å². The van der Waals surface area contributed by atoms with E-state index in [-0.39, 0.29) is 6.04 Å². The van der Waals surface area contributed by atoms with Crippen LogP contribution >= 0.6 is 0 Å². The highest BCUT2D eigenvalue weighted by Crippen LogP contribution is 2.25. The Morgan fingerprint density at radius 1 is 1.38 bits per heavy atom. The van der Waals surface area contributed by atoms with E-state index in [1.807, 2.05) is 13.8 Å². The van der Waals surface area contributed by atoms with Crippen LogP contribution in [0.5, 0.6) is 0 Å². The first-order valence-corrected chi connectivity index (χ1v) is 5.78. The molecule has 1 unspecified atom stereocenters. The van der Waals surface area contributed by atoms with Crippen molar-refractivity contribution in [3.05, 3.63) is 41.1 Å². The Bertz CT molecular complexity index is 515. The number of para-hydroxylation sites is 1. The molecule has 0 spiro atoms. The Kier molecular flexibility index (Phi) is 2.92. The summed E-state index contributed by atoms with van der Waals surface area (Å²) < 4.78 is 0. The lowest BCUT2D eigenvalue weighted by Gasteiger charge is -2.12. The average molecular weight is 214 g/mol. The number of fused-ring (bicyclic) bond motifs is 1. The zero-order valence-electron chi connectivity index (χ0n) is 10.1. The molecule has 0 aliphatic heterocycles. The third kappa shape index (κ3) is 1.81. The molecule has 1 heterocycles. The fourth-order valence-corrected chi connectivity index (χ4v) is 2.13. The summed E-state index contributed by atoms with van der Waals surface area (Å²) in [6, 6.07) is 8.48. The van der Waals surface area contributed by atoms with Crippen molar-refractivity contribution in [2.24, 2.45) is 5.73 Å². The number of nitrogens with two attached hydrogens (primary N) is 1. The minimum Gasteiger partial charge on any atom is -0.324 e. The number of nitrogens with zero attached hydrogens (tertiary/aromatic N) is 1. The molecule has 2 rings (SSSR count). The molecule has 2 heteroatoms. The summed E-state index contributed by atoms with van der Waals surface area (Å²) in [5.41, 5.74) is 10.7. The van der Waals surface area contributed by atoms with Crippen LogP contribution in [-0.2, 0) is 6.42 Å². The number of pyridine rings is 1. The lowest BCUT2D eigenvalue weighted by atomic mass is 9.99. The lowest BCUT2D eigenvalue weighted by Crippen LogP contribution is -2.07. The maximum absolute atomic E-state index is 6.01. The van der Waals surface area contributed by atoms with E-state index in [9.17, 15) is 0 Å². The lowest BCUT2D eigenvalue weighted by molar-refractivity contribution is 0.823. The molecule has 2 N–H and O–H groups in total. The second-order valence-corrected chi connectivity index (χ2v) is 4.31. The monoisotopic (exact) mass is 214 g/mol. The number of benzene rings is 1. The zero-order valence-corrected chi connectivity index (χ0v) is 10.1. The minimum absolute atomic E-state index is 0.0521. The number of aromatic nitrogens is 1. The van der Waals surface area contributed by atoms with Crippen molar-refractivity contribution in [2.45, 2.75) is 33.2 Å². The molecule has 0 aliphatic rings. The molecule has 2 nitrogen and oxygen atoms in total. The summed E-state index contributed by atoms with van der Waals surface area (Å²) in [7, 11) is 0. The van der Waals surface area contributed by atoms with E-state index in [1.165, 1.54) is 16.5 Å². The predicted molar refractivity (Wildman–Crippen MR) is 68.5 cm³/mol. The molecule has 2 aromatic rings. The van der Waals surface area contributed by atoms with Crippen molar-refractivity contribution < 1.29 is 0 Å². The van der Waals surface area contributed by atoms with E-state index in [0.29, 0.717) is 0 Å². The third-order valence-electron chi connectivity index (χ3n) is 2.95. The number of rotatable bonds is 2. The van der Waals surface area contributed by atoms with Gasteiger partial charge >= 0.3 is 0 Å². The molecule has 1 aromatic heterocycles. The third-order valence-corrected chi connectivity index (χ3v) is 2.95. The summed E-state index contributed by atoms with van der Waals surface area (Å²) in [6.45, 7) is 6.20. The van der Waals surface area contributed by atoms with Gasteiger partial charge in [-0.15, -0.1) is 0 Å². The Labute approximate surface area is 96.5 Å². The van der Waals surface area contributed by atoms with Gasteiger partial charge in [-0.1, -0.05) is 25.1 Å². The molecular weight excluding hydrogens is 196 g/mol. The minimum atomic E-state index is 0.0521. The Balaban J connectivity index is 2.83. The van der Waals surface area contributed by atoms with Crippen molar-refractivity contribution in [2.75, 3.05) is 0 Å². The first-order chi connectivity index (χ1) is 7.63. The standard InChI is InChI=1S/C14H18N2/c1-4-11-6-5-7-12-13(10(3)15)8-9(2)16-14(11)12/h5-8,10H,4,15H2,1-3H3. The molecule has 1 atom stereocenters. The normalized spacial score (nSPS) is 13.0. The number of hydrogen-bond donors (Lipinski definition) is 1. The number of hydrogen-bond acceptors (Lipinski definition) is 2. The van der Waals surface area contributed by atoms with Gasteiger partial charge in [0.1, 0.15) is 0 Å². The molecule has 1 aromatic carbocycles. The highest BCUT2D eigenvalue weighted by Gasteiger charge is 2.09. The van der Waals surface area contributed by atoms with Gasteiger partial charge in [-0.05, 0) is 37.5 Å². The fourth-order valence-electron chi connectivity index (χ4n) is 2.13. The van der Waals surface area contributed by atoms with Crippen molar-refractivity contribution in [1.29, 1.82) is 0 Å². The molecule has 0 saturated carbocycles. The van der Waals surface area contributed by atoms with E-state index >= 15 is 0 Å². The van der Waals surface area contributed by atoms with Crippen molar-refractivity contribution in [3.8, 4) is 0 Å². The van der Waals surface area contributed by atoms with Gasteiger partial charge in [-0.2, -0.15) is 0 Å². The summed E-state index contributed by atoms with van der Waals surface area (Å²) in [6.07, 6.45) is 1.01. The van der Waals surface area contributed by atoms with E-state index < -0.39 is 0 Å². The van der Waals surface area contributed by atoms with E-state index in [0.717, 1.165) is 17.6 Å². The van der Waals surface area contributed by atoms with E-state index in [2.05, 4.69) is 36.2 Å². The van der Waals surface area contributed by atoms with Gasteiger partial charge in [0.05, 0.1) is 5.52 Å². The van der Waals surface area contributed by atoms with Gasteiger partial charge in [0.2, 0.25) is 0 Å². The van der Waals surface area contributed by atoms with Crippen molar-refractivity contribution >= 4 is 10.9 Å². The van der Waals surface area contributed by atoms with Gasteiger partial charge in [-0.3, -0.25) is 4.98 Å². The molecular formula is C14H18N2. The van der Waals surface area contributed by atoms with Crippen molar-refractivity contribution in [1.82, 2.24) is 4.98 Å². The Hall–Kier alpha value is -1.41. The molecule has 0 aliphatic carbocycles. The highest BCUT2D eigenvalue weighted by molar-refractivity contribution is 5.85. The van der Waals surface area contributed by atoms with Crippen LogP contribution in [0.4, 0.5) is 0 Å². The van der Waals surface area contributed by atoms with Crippen LogP contribution in [0.25, 0.3) is 10.9 Å². The SMILES string of the molecule is CCc1cccc2c(C(C)N)cc(C)nc12. The van der Waals surface area contributed by atoms with E-state index in [1.54, 1.807) is 0 Å². The second-order valence-electron chi connectivity index (χ2n) is 4.31. The summed E-state index contributed by atoms with van der Waals surface area (Å²) in [5.74, 6) is 0.